The van der Waals surface area contributed by atoms with E-state index in [4.69, 9.17) is 0 Å². The molecule has 4 aromatic rings. The molecule has 1 unspecified atom stereocenters. The molecule has 5 nitrogen and oxygen atoms in total. The van der Waals surface area contributed by atoms with Crippen LogP contribution in [-0.2, 0) is 16.0 Å². The number of nitrogens with zero attached hydrogens (tertiary/aromatic N) is 2. The molecule has 0 saturated carbocycles. The lowest BCUT2D eigenvalue weighted by molar-refractivity contribution is -0.132. The second kappa shape index (κ2) is 8.81. The van der Waals surface area contributed by atoms with E-state index in [0.29, 0.717) is 16.3 Å². The van der Waals surface area contributed by atoms with E-state index in [-0.39, 0.29) is 11.3 Å². The van der Waals surface area contributed by atoms with Crippen LogP contribution in [0.5, 0.6) is 0 Å². The smallest absolute Gasteiger partial charge is 0.301 e. The van der Waals surface area contributed by atoms with E-state index >= 15 is 0 Å². The maximum Gasteiger partial charge on any atom is 0.301 e. The van der Waals surface area contributed by atoms with Gasteiger partial charge in [0.05, 0.1) is 21.8 Å². The Morgan fingerprint density at radius 3 is 2.56 bits per heavy atom. The summed E-state index contributed by atoms with van der Waals surface area (Å²) in [4.78, 5) is 32.8. The first-order valence-corrected chi connectivity index (χ1v) is 12.5. The van der Waals surface area contributed by atoms with E-state index in [1.807, 2.05) is 55.5 Å². The molecule has 5 rings (SSSR count). The summed E-state index contributed by atoms with van der Waals surface area (Å²) in [6.07, 6.45) is 0.891. The predicted molar refractivity (Wildman–Crippen MR) is 139 cm³/mol. The topological polar surface area (TPSA) is 70.5 Å². The summed E-state index contributed by atoms with van der Waals surface area (Å²) >= 11 is 4.86. The molecule has 0 spiro atoms. The Kier molecular flexibility index (Phi) is 5.83. The van der Waals surface area contributed by atoms with Gasteiger partial charge in [0.2, 0.25) is 0 Å². The SMILES string of the molecule is CCc1ccc2nc(N3C(=O)C(=O)/C(=C(/O)c4ccc(C)cc4)C3c3cccc(Br)c3)sc2c1. The molecular formula is C27H21BrN2O3S. The third-order valence-electron chi connectivity index (χ3n) is 5.99. The molecule has 1 N–H and O–H groups in total. The van der Waals surface area contributed by atoms with Gasteiger partial charge in [-0.25, -0.2) is 4.98 Å². The Morgan fingerprint density at radius 2 is 1.85 bits per heavy atom. The van der Waals surface area contributed by atoms with Crippen molar-refractivity contribution in [1.82, 2.24) is 4.98 Å². The van der Waals surface area contributed by atoms with Crippen LogP contribution >= 0.6 is 27.3 Å². The number of ketones is 1. The van der Waals surface area contributed by atoms with Gasteiger partial charge in [-0.1, -0.05) is 82.2 Å². The molecule has 3 aromatic carbocycles. The third kappa shape index (κ3) is 3.85. The van der Waals surface area contributed by atoms with E-state index < -0.39 is 17.7 Å². The van der Waals surface area contributed by atoms with Crippen molar-refractivity contribution in [1.29, 1.82) is 0 Å². The number of halogens is 1. The monoisotopic (exact) mass is 532 g/mol. The van der Waals surface area contributed by atoms with E-state index in [0.717, 1.165) is 26.7 Å². The maximum absolute atomic E-state index is 13.4. The second-order valence-electron chi connectivity index (χ2n) is 8.24. The lowest BCUT2D eigenvalue weighted by atomic mass is 9.95. The first kappa shape index (κ1) is 22.5. The Morgan fingerprint density at radius 1 is 1.09 bits per heavy atom. The second-order valence-corrected chi connectivity index (χ2v) is 10.2. The molecule has 1 aliphatic heterocycles. The number of Topliss-reactive ketones (excluding diaryl/α,β-unsaturated/α-hetero) is 1. The van der Waals surface area contributed by atoms with Crippen molar-refractivity contribution in [2.45, 2.75) is 26.3 Å². The highest BCUT2D eigenvalue weighted by Gasteiger charge is 2.48. The highest BCUT2D eigenvalue weighted by atomic mass is 79.9. The zero-order valence-electron chi connectivity index (χ0n) is 18.6. The molecule has 2 heterocycles. The average molecular weight is 533 g/mol. The van der Waals surface area contributed by atoms with Crippen LogP contribution in [0.4, 0.5) is 5.13 Å². The van der Waals surface area contributed by atoms with Gasteiger partial charge in [-0.2, -0.15) is 0 Å². The van der Waals surface area contributed by atoms with Gasteiger partial charge >= 0.3 is 5.91 Å². The summed E-state index contributed by atoms with van der Waals surface area (Å²) < 4.78 is 1.76. The van der Waals surface area contributed by atoms with Gasteiger partial charge < -0.3 is 5.11 Å². The minimum absolute atomic E-state index is 0.0560. The molecule has 34 heavy (non-hydrogen) atoms. The largest absolute Gasteiger partial charge is 0.507 e. The molecule has 1 aliphatic rings. The first-order chi connectivity index (χ1) is 16.4. The van der Waals surface area contributed by atoms with Crippen molar-refractivity contribution < 1.29 is 14.7 Å². The zero-order valence-corrected chi connectivity index (χ0v) is 21.0. The molecule has 1 aromatic heterocycles. The predicted octanol–water partition coefficient (Wildman–Crippen LogP) is 6.56. The minimum Gasteiger partial charge on any atom is -0.507 e. The van der Waals surface area contributed by atoms with Crippen LogP contribution in [0.1, 0.15) is 35.2 Å². The Labute approximate surface area is 209 Å². The highest BCUT2D eigenvalue weighted by molar-refractivity contribution is 9.10. The van der Waals surface area contributed by atoms with E-state index in [1.54, 1.807) is 12.1 Å². The number of hydrogen-bond acceptors (Lipinski definition) is 5. The van der Waals surface area contributed by atoms with Crippen molar-refractivity contribution in [3.63, 3.8) is 0 Å². The number of anilines is 1. The number of thiazole rings is 1. The van der Waals surface area contributed by atoms with Crippen molar-refractivity contribution >= 4 is 60.1 Å². The van der Waals surface area contributed by atoms with Crippen LogP contribution < -0.4 is 4.90 Å². The normalized spacial score (nSPS) is 17.6. The first-order valence-electron chi connectivity index (χ1n) is 10.9. The number of fused-ring (bicyclic) bond motifs is 1. The molecule has 7 heteroatoms. The number of aromatic nitrogens is 1. The summed E-state index contributed by atoms with van der Waals surface area (Å²) in [5.41, 5.74) is 4.22. The fourth-order valence-electron chi connectivity index (χ4n) is 4.17. The van der Waals surface area contributed by atoms with Gasteiger partial charge in [0.1, 0.15) is 5.76 Å². The summed E-state index contributed by atoms with van der Waals surface area (Å²) in [5, 5.41) is 11.7. The van der Waals surface area contributed by atoms with Crippen LogP contribution in [0, 0.1) is 6.92 Å². The van der Waals surface area contributed by atoms with Crippen LogP contribution in [-0.4, -0.2) is 21.8 Å². The number of carbonyl (C=O) groups excluding carboxylic acids is 2. The van der Waals surface area contributed by atoms with E-state index in [9.17, 15) is 14.7 Å². The molecule has 170 valence electrons. The van der Waals surface area contributed by atoms with Crippen molar-refractivity contribution in [2.75, 3.05) is 4.90 Å². The number of amides is 1. The maximum atomic E-state index is 13.4. The van der Waals surface area contributed by atoms with Crippen LogP contribution in [0.3, 0.4) is 0 Å². The van der Waals surface area contributed by atoms with Gasteiger partial charge in [-0.15, -0.1) is 0 Å². The van der Waals surface area contributed by atoms with Gasteiger partial charge in [-0.05, 0) is 48.7 Å². The molecule has 0 bridgehead atoms. The third-order valence-corrected chi connectivity index (χ3v) is 7.50. The lowest BCUT2D eigenvalue weighted by Crippen LogP contribution is -2.29. The van der Waals surface area contributed by atoms with Crippen LogP contribution in [0.2, 0.25) is 0 Å². The van der Waals surface area contributed by atoms with Crippen molar-refractivity contribution in [3.8, 4) is 0 Å². The van der Waals surface area contributed by atoms with Gasteiger partial charge in [-0.3, -0.25) is 14.5 Å². The van der Waals surface area contributed by atoms with Crippen molar-refractivity contribution in [3.05, 3.63) is 99.0 Å². The van der Waals surface area contributed by atoms with Gasteiger partial charge in [0.25, 0.3) is 5.78 Å². The van der Waals surface area contributed by atoms with Crippen LogP contribution in [0.25, 0.3) is 16.0 Å². The van der Waals surface area contributed by atoms with Crippen LogP contribution in [0.15, 0.2) is 76.8 Å². The molecular weight excluding hydrogens is 512 g/mol. The Balaban J connectivity index is 1.72. The number of aliphatic hydroxyl groups is 1. The summed E-state index contributed by atoms with van der Waals surface area (Å²) in [6.45, 7) is 4.03. The molecule has 1 amide bonds. The number of carbonyl (C=O) groups is 2. The van der Waals surface area contributed by atoms with E-state index in [2.05, 4.69) is 33.9 Å². The molecule has 1 saturated heterocycles. The minimum atomic E-state index is -0.801. The summed E-state index contributed by atoms with van der Waals surface area (Å²) in [5.74, 6) is -1.62. The van der Waals surface area contributed by atoms with Crippen molar-refractivity contribution in [2.24, 2.45) is 0 Å². The number of aryl methyl sites for hydroxylation is 2. The average Bonchev–Trinajstić information content (AvgIpc) is 3.36. The molecule has 0 aliphatic carbocycles. The highest BCUT2D eigenvalue weighted by Crippen LogP contribution is 2.44. The molecule has 1 atom stereocenters. The summed E-state index contributed by atoms with van der Waals surface area (Å²) in [6, 6.07) is 19.9. The number of rotatable bonds is 4. The molecule has 1 fully saturated rings. The van der Waals surface area contributed by atoms with E-state index in [1.165, 1.54) is 21.8 Å². The van der Waals surface area contributed by atoms with Gasteiger partial charge in [0, 0.05) is 10.0 Å². The fourth-order valence-corrected chi connectivity index (χ4v) is 5.64. The Bertz CT molecular complexity index is 1470. The van der Waals surface area contributed by atoms with Gasteiger partial charge in [0.15, 0.2) is 5.13 Å². The summed E-state index contributed by atoms with van der Waals surface area (Å²) in [7, 11) is 0. The number of hydrogen-bond donors (Lipinski definition) is 1. The fraction of sp³-hybridized carbons (Fsp3) is 0.148. The quantitative estimate of drug-likeness (QED) is 0.183. The standard InChI is InChI=1S/C27H21BrN2O3S/c1-3-16-9-12-20-21(13-16)34-27(29-20)30-23(18-5-4-6-19(28)14-18)22(25(32)26(30)33)24(31)17-10-7-15(2)8-11-17/h4-14,23,31H,3H2,1-2H3/b24-22+. The number of benzene rings is 3. The Hall–Kier alpha value is -3.29. The zero-order chi connectivity index (χ0) is 24.0. The lowest BCUT2D eigenvalue weighted by Gasteiger charge is -2.23. The number of aliphatic hydroxyl groups excluding tert-OH is 1. The molecule has 0 radical (unpaired) electrons.